The predicted molar refractivity (Wildman–Crippen MR) is 79.3 cm³/mol. The molecule has 1 aromatic heterocycles. The zero-order chi connectivity index (χ0) is 15.3. The average molecular weight is 286 g/mol. The zero-order valence-corrected chi connectivity index (χ0v) is 12.9. The van der Waals surface area contributed by atoms with E-state index in [9.17, 15) is 9.59 Å². The Labute approximate surface area is 125 Å². The molecule has 0 radical (unpaired) electrons. The van der Waals surface area contributed by atoms with Gasteiger partial charge >= 0.3 is 0 Å². The van der Waals surface area contributed by atoms with Crippen LogP contribution in [0.4, 0.5) is 0 Å². The molecule has 1 aromatic rings. The van der Waals surface area contributed by atoms with Gasteiger partial charge in [0.1, 0.15) is 5.78 Å². The molecule has 2 aliphatic carbocycles. The fraction of sp³-hybridized carbons (Fsp3) is 0.588. The van der Waals surface area contributed by atoms with Crippen LogP contribution in [0.3, 0.4) is 0 Å². The van der Waals surface area contributed by atoms with Gasteiger partial charge in [-0.1, -0.05) is 26.8 Å². The molecule has 0 unspecified atom stereocenters. The Balaban J connectivity index is 1.80. The van der Waals surface area contributed by atoms with E-state index in [1.807, 2.05) is 25.1 Å². The van der Waals surface area contributed by atoms with Crippen molar-refractivity contribution in [3.8, 4) is 0 Å². The molecule has 4 nitrogen and oxygen atoms in total. The van der Waals surface area contributed by atoms with E-state index in [1.54, 1.807) is 6.20 Å². The lowest BCUT2D eigenvalue weighted by atomic mass is 9.64. The summed E-state index contributed by atoms with van der Waals surface area (Å²) in [5.41, 5.74) is -0.348. The van der Waals surface area contributed by atoms with Crippen molar-refractivity contribution in [3.05, 3.63) is 30.1 Å². The normalized spacial score (nSPS) is 33.2. The van der Waals surface area contributed by atoms with E-state index in [0.29, 0.717) is 13.0 Å². The third-order valence-electron chi connectivity index (χ3n) is 6.30. The van der Waals surface area contributed by atoms with Crippen molar-refractivity contribution < 1.29 is 9.59 Å². The van der Waals surface area contributed by atoms with Crippen LogP contribution in [0.25, 0.3) is 0 Å². The topological polar surface area (TPSA) is 59.1 Å². The maximum absolute atomic E-state index is 12.8. The maximum Gasteiger partial charge on any atom is 0.227 e. The van der Waals surface area contributed by atoms with Gasteiger partial charge in [-0.3, -0.25) is 14.6 Å². The standard InChI is InChI=1S/C17H22N2O2/c1-15(2)16(3)7-8-17(15,10-13(16)20)14(21)19-11-12-6-4-5-9-18-12/h4-6,9H,7-8,10-11H2,1-3H3,(H,19,21)/t16-,17+/m0/s1. The quantitative estimate of drug-likeness (QED) is 0.928. The molecule has 3 rings (SSSR count). The van der Waals surface area contributed by atoms with Crippen LogP contribution in [0, 0.1) is 16.2 Å². The summed E-state index contributed by atoms with van der Waals surface area (Å²) in [6.07, 6.45) is 3.71. The molecule has 112 valence electrons. The summed E-state index contributed by atoms with van der Waals surface area (Å²) in [6.45, 7) is 6.59. The molecule has 21 heavy (non-hydrogen) atoms. The maximum atomic E-state index is 12.8. The molecule has 1 heterocycles. The Hall–Kier alpha value is -1.71. The van der Waals surface area contributed by atoms with Crippen molar-refractivity contribution in [2.45, 2.75) is 46.6 Å². The molecule has 0 aliphatic heterocycles. The van der Waals surface area contributed by atoms with Crippen molar-refractivity contribution in [2.75, 3.05) is 0 Å². The lowest BCUT2D eigenvalue weighted by molar-refractivity contribution is -0.136. The molecule has 2 aliphatic rings. The number of pyridine rings is 1. The van der Waals surface area contributed by atoms with E-state index in [4.69, 9.17) is 0 Å². The van der Waals surface area contributed by atoms with Crippen molar-refractivity contribution in [3.63, 3.8) is 0 Å². The first kappa shape index (κ1) is 14.2. The molecule has 2 bridgehead atoms. The molecular formula is C17H22N2O2. The second kappa shape index (κ2) is 4.39. The van der Waals surface area contributed by atoms with Crippen molar-refractivity contribution in [2.24, 2.45) is 16.2 Å². The Morgan fingerprint density at radius 3 is 2.57 bits per heavy atom. The van der Waals surface area contributed by atoms with Gasteiger partial charge in [0.15, 0.2) is 0 Å². The Bertz CT molecular complexity index is 596. The number of ketones is 1. The number of aromatic nitrogens is 1. The van der Waals surface area contributed by atoms with Crippen molar-refractivity contribution >= 4 is 11.7 Å². The molecule has 1 amide bonds. The number of carbonyl (C=O) groups excluding carboxylic acids is 2. The first-order valence-corrected chi connectivity index (χ1v) is 7.55. The number of Topliss-reactive ketones (excluding diaryl/α,β-unsaturated/α-hetero) is 1. The van der Waals surface area contributed by atoms with Crippen LogP contribution in [0.15, 0.2) is 24.4 Å². The summed E-state index contributed by atoms with van der Waals surface area (Å²) < 4.78 is 0. The average Bonchev–Trinajstić information content (AvgIpc) is 2.76. The minimum Gasteiger partial charge on any atom is -0.350 e. The van der Waals surface area contributed by atoms with Gasteiger partial charge < -0.3 is 5.32 Å². The molecular weight excluding hydrogens is 264 g/mol. The first-order chi connectivity index (χ1) is 9.83. The number of rotatable bonds is 3. The fourth-order valence-electron chi connectivity index (χ4n) is 4.20. The Morgan fingerprint density at radius 2 is 2.05 bits per heavy atom. The molecule has 0 aromatic carbocycles. The van der Waals surface area contributed by atoms with Crippen LogP contribution in [-0.4, -0.2) is 16.7 Å². The highest BCUT2D eigenvalue weighted by atomic mass is 16.2. The summed E-state index contributed by atoms with van der Waals surface area (Å²) >= 11 is 0. The monoisotopic (exact) mass is 286 g/mol. The largest absolute Gasteiger partial charge is 0.350 e. The smallest absolute Gasteiger partial charge is 0.227 e. The minimum absolute atomic E-state index is 0.00716. The van der Waals surface area contributed by atoms with Gasteiger partial charge in [-0.25, -0.2) is 0 Å². The third-order valence-corrected chi connectivity index (χ3v) is 6.30. The second-order valence-corrected chi connectivity index (χ2v) is 7.14. The number of hydrogen-bond donors (Lipinski definition) is 1. The number of fused-ring (bicyclic) bond motifs is 2. The van der Waals surface area contributed by atoms with E-state index in [2.05, 4.69) is 24.1 Å². The van der Waals surface area contributed by atoms with Crippen LogP contribution in [0.1, 0.15) is 45.7 Å². The van der Waals surface area contributed by atoms with E-state index >= 15 is 0 Å². The highest BCUT2D eigenvalue weighted by molar-refractivity contribution is 5.99. The van der Waals surface area contributed by atoms with Crippen LogP contribution in [0.2, 0.25) is 0 Å². The minimum atomic E-state index is -0.548. The summed E-state index contributed by atoms with van der Waals surface area (Å²) in [7, 11) is 0. The number of nitrogens with zero attached hydrogens (tertiary/aromatic N) is 1. The molecule has 2 saturated carbocycles. The van der Waals surface area contributed by atoms with E-state index < -0.39 is 5.41 Å². The summed E-state index contributed by atoms with van der Waals surface area (Å²) in [5.74, 6) is 0.250. The summed E-state index contributed by atoms with van der Waals surface area (Å²) in [5, 5.41) is 3.00. The van der Waals surface area contributed by atoms with Crippen LogP contribution >= 0.6 is 0 Å². The number of hydrogen-bond acceptors (Lipinski definition) is 3. The molecule has 2 fully saturated rings. The van der Waals surface area contributed by atoms with Gasteiger partial charge in [-0.2, -0.15) is 0 Å². The van der Waals surface area contributed by atoms with Crippen LogP contribution in [0.5, 0.6) is 0 Å². The van der Waals surface area contributed by atoms with Gasteiger partial charge in [0.05, 0.1) is 17.7 Å². The SMILES string of the molecule is CC1(C)[C@]2(C(=O)NCc3ccccn3)CC[C@@]1(C)C(=O)C2. The number of amides is 1. The highest BCUT2D eigenvalue weighted by Gasteiger charge is 2.72. The molecule has 4 heteroatoms. The van der Waals surface area contributed by atoms with Gasteiger partial charge in [0, 0.05) is 18.0 Å². The van der Waals surface area contributed by atoms with E-state index in [-0.39, 0.29) is 22.5 Å². The number of carbonyl (C=O) groups is 2. The Morgan fingerprint density at radius 1 is 1.29 bits per heavy atom. The number of nitrogens with one attached hydrogen (secondary N) is 1. The highest BCUT2D eigenvalue weighted by Crippen LogP contribution is 2.70. The molecule has 2 atom stereocenters. The second-order valence-electron chi connectivity index (χ2n) is 7.14. The molecule has 0 saturated heterocycles. The summed E-state index contributed by atoms with van der Waals surface area (Å²) in [6, 6.07) is 5.65. The predicted octanol–water partition coefficient (Wildman–Crippen LogP) is 2.48. The van der Waals surface area contributed by atoms with Gasteiger partial charge in [0.25, 0.3) is 0 Å². The Kier molecular flexibility index (Phi) is 2.98. The van der Waals surface area contributed by atoms with Crippen LogP contribution < -0.4 is 5.32 Å². The van der Waals surface area contributed by atoms with E-state index in [1.165, 1.54) is 0 Å². The molecule has 1 N–H and O–H groups in total. The van der Waals surface area contributed by atoms with Crippen molar-refractivity contribution in [1.29, 1.82) is 0 Å². The van der Waals surface area contributed by atoms with Crippen LogP contribution in [-0.2, 0) is 16.1 Å². The third kappa shape index (κ3) is 1.71. The van der Waals surface area contributed by atoms with Gasteiger partial charge in [-0.05, 0) is 30.4 Å². The zero-order valence-electron chi connectivity index (χ0n) is 12.9. The summed E-state index contributed by atoms with van der Waals surface area (Å²) in [4.78, 5) is 29.4. The molecule has 0 spiro atoms. The lowest BCUT2D eigenvalue weighted by Crippen LogP contribution is -2.46. The van der Waals surface area contributed by atoms with Crippen molar-refractivity contribution in [1.82, 2.24) is 10.3 Å². The van der Waals surface area contributed by atoms with E-state index in [0.717, 1.165) is 18.5 Å². The fourth-order valence-corrected chi connectivity index (χ4v) is 4.20. The van der Waals surface area contributed by atoms with Gasteiger partial charge in [-0.15, -0.1) is 0 Å². The van der Waals surface area contributed by atoms with Gasteiger partial charge in [0.2, 0.25) is 5.91 Å². The first-order valence-electron chi connectivity index (χ1n) is 7.55. The lowest BCUT2D eigenvalue weighted by Gasteiger charge is -2.38.